The molecule has 202 valence electrons. The van der Waals surface area contributed by atoms with E-state index in [1.54, 1.807) is 36.2 Å². The van der Waals surface area contributed by atoms with Gasteiger partial charge in [-0.15, -0.1) is 0 Å². The molecule has 0 radical (unpaired) electrons. The Balaban J connectivity index is 1.41. The number of carbonyl (C=O) groups excluding carboxylic acids is 1. The fourth-order valence-corrected chi connectivity index (χ4v) is 4.82. The molecule has 0 aliphatic carbocycles. The van der Waals surface area contributed by atoms with Crippen molar-refractivity contribution in [3.8, 4) is 5.69 Å². The van der Waals surface area contributed by atoms with Gasteiger partial charge in [0, 0.05) is 75.2 Å². The molecule has 0 fully saturated rings. The van der Waals surface area contributed by atoms with E-state index in [4.69, 9.17) is 5.73 Å². The van der Waals surface area contributed by atoms with Gasteiger partial charge in [-0.2, -0.15) is 13.2 Å². The summed E-state index contributed by atoms with van der Waals surface area (Å²) in [7, 11) is 3.64. The van der Waals surface area contributed by atoms with Crippen molar-refractivity contribution in [3.05, 3.63) is 87.9 Å². The van der Waals surface area contributed by atoms with Gasteiger partial charge < -0.3 is 15.6 Å². The largest absolute Gasteiger partial charge is 0.418 e. The van der Waals surface area contributed by atoms with Crippen LogP contribution < -0.4 is 16.6 Å². The molecule has 12 heteroatoms. The Morgan fingerprint density at radius 3 is 2.62 bits per heavy atom. The molecule has 0 aromatic carbocycles. The summed E-state index contributed by atoms with van der Waals surface area (Å²) in [6.07, 6.45) is 1.87. The molecule has 1 aliphatic rings. The van der Waals surface area contributed by atoms with Crippen molar-refractivity contribution in [2.75, 3.05) is 25.5 Å². The van der Waals surface area contributed by atoms with E-state index in [0.717, 1.165) is 23.3 Å². The highest BCUT2D eigenvalue weighted by atomic mass is 19.4. The average molecular weight is 538 g/mol. The number of rotatable bonds is 6. The number of carbonyl (C=O) groups is 1. The summed E-state index contributed by atoms with van der Waals surface area (Å²) in [6.45, 7) is 1.46. The molecule has 39 heavy (non-hydrogen) atoms. The maximum Gasteiger partial charge on any atom is 0.418 e. The second kappa shape index (κ2) is 10.0. The van der Waals surface area contributed by atoms with Gasteiger partial charge in [-0.25, -0.2) is 4.98 Å². The van der Waals surface area contributed by atoms with Crippen molar-refractivity contribution in [1.82, 2.24) is 24.0 Å². The first-order valence-electron chi connectivity index (χ1n) is 12.2. The molecule has 0 bridgehead atoms. The lowest BCUT2D eigenvalue weighted by Gasteiger charge is -2.27. The molecule has 5 rings (SSSR count). The van der Waals surface area contributed by atoms with E-state index in [1.807, 2.05) is 23.7 Å². The van der Waals surface area contributed by atoms with E-state index in [9.17, 15) is 22.8 Å². The lowest BCUT2D eigenvalue weighted by Crippen LogP contribution is -2.29. The number of nitrogens with zero attached hydrogens (tertiary/aromatic N) is 5. The number of anilines is 1. The summed E-state index contributed by atoms with van der Waals surface area (Å²) >= 11 is 0. The second-order valence-corrected chi connectivity index (χ2v) is 9.33. The van der Waals surface area contributed by atoms with E-state index >= 15 is 0 Å². The topological polar surface area (TPSA) is 111 Å². The van der Waals surface area contributed by atoms with E-state index in [-0.39, 0.29) is 16.8 Å². The maximum absolute atomic E-state index is 13.7. The Bertz CT molecular complexity index is 1670. The van der Waals surface area contributed by atoms with Crippen LogP contribution in [0.25, 0.3) is 22.3 Å². The van der Waals surface area contributed by atoms with Crippen LogP contribution in [0.3, 0.4) is 0 Å². The van der Waals surface area contributed by atoms with E-state index < -0.39 is 17.6 Å². The number of hydrogen-bond acceptors (Lipinski definition) is 6. The summed E-state index contributed by atoms with van der Waals surface area (Å²) < 4.78 is 44.7. The van der Waals surface area contributed by atoms with Gasteiger partial charge in [0.15, 0.2) is 0 Å². The molecule has 4 aromatic heterocycles. The van der Waals surface area contributed by atoms with Gasteiger partial charge >= 0.3 is 6.18 Å². The van der Waals surface area contributed by atoms with Crippen molar-refractivity contribution < 1.29 is 18.0 Å². The normalized spacial score (nSPS) is 14.4. The smallest absolute Gasteiger partial charge is 0.388 e. The van der Waals surface area contributed by atoms with Crippen LogP contribution in [0.2, 0.25) is 0 Å². The van der Waals surface area contributed by atoms with Crippen molar-refractivity contribution >= 4 is 28.2 Å². The van der Waals surface area contributed by atoms with Gasteiger partial charge in [0.1, 0.15) is 5.65 Å². The molecule has 0 atom stereocenters. The van der Waals surface area contributed by atoms with Gasteiger partial charge in [-0.05, 0) is 36.3 Å². The van der Waals surface area contributed by atoms with Crippen LogP contribution in [0.1, 0.15) is 33.7 Å². The lowest BCUT2D eigenvalue weighted by atomic mass is 9.98. The first kappa shape index (κ1) is 26.2. The number of alkyl halides is 3. The molecule has 1 amide bonds. The Hall–Kier alpha value is -4.45. The number of nitrogens with two attached hydrogens (primary N) is 1. The van der Waals surface area contributed by atoms with Gasteiger partial charge in [0.25, 0.3) is 5.56 Å². The monoisotopic (exact) mass is 537 g/mol. The fourth-order valence-electron chi connectivity index (χ4n) is 4.82. The summed E-state index contributed by atoms with van der Waals surface area (Å²) in [6, 6.07) is 7.87. The molecular weight excluding hydrogens is 511 g/mol. The van der Waals surface area contributed by atoms with Crippen molar-refractivity contribution in [1.29, 1.82) is 0 Å². The highest BCUT2D eigenvalue weighted by Crippen LogP contribution is 2.36. The molecule has 0 saturated carbocycles. The molecule has 9 nitrogen and oxygen atoms in total. The first-order valence-corrected chi connectivity index (χ1v) is 12.2. The van der Waals surface area contributed by atoms with E-state index in [0.29, 0.717) is 48.7 Å². The molecule has 3 N–H and O–H groups in total. The zero-order valence-electron chi connectivity index (χ0n) is 21.3. The van der Waals surface area contributed by atoms with Crippen LogP contribution in [0.4, 0.5) is 18.9 Å². The zero-order chi connectivity index (χ0) is 27.9. The number of primary amides is 1. The van der Waals surface area contributed by atoms with Crippen LogP contribution in [0.5, 0.6) is 0 Å². The molecular formula is C27H26F3N7O2. The maximum atomic E-state index is 13.7. The molecule has 5 heterocycles. The second-order valence-electron chi connectivity index (χ2n) is 9.33. The predicted molar refractivity (Wildman–Crippen MR) is 141 cm³/mol. The quantitative estimate of drug-likeness (QED) is 0.389. The first-order chi connectivity index (χ1) is 18.6. The molecule has 0 saturated heterocycles. The predicted octanol–water partition coefficient (Wildman–Crippen LogP) is 3.57. The highest BCUT2D eigenvalue weighted by molar-refractivity contribution is 5.93. The Morgan fingerprint density at radius 1 is 1.18 bits per heavy atom. The average Bonchev–Trinajstić information content (AvgIpc) is 3.23. The van der Waals surface area contributed by atoms with Crippen LogP contribution in [-0.4, -0.2) is 50.0 Å². The number of pyridine rings is 3. The molecule has 4 aromatic rings. The number of aryl methyl sites for hydroxylation is 1. The third-order valence-corrected chi connectivity index (χ3v) is 6.93. The minimum absolute atomic E-state index is 0.177. The molecule has 1 aliphatic heterocycles. The van der Waals surface area contributed by atoms with Gasteiger partial charge in [-0.1, -0.05) is 6.08 Å². The summed E-state index contributed by atoms with van der Waals surface area (Å²) in [4.78, 5) is 34.7. The van der Waals surface area contributed by atoms with Crippen LogP contribution in [-0.2, 0) is 19.8 Å². The number of nitrogens with one attached hydrogen (secondary N) is 1. The summed E-state index contributed by atoms with van der Waals surface area (Å²) in [5, 5.41) is 3.77. The standard InChI is InChI=1S/C27H26F3N7O2/c1-32-18-6-10-37(23(38)12-18)22-3-7-33-26-20(22)13-19(35(26)2)15-36-8-4-16(5-9-36)24-21(27(28,29)30)11-17(14-34-24)25(31)39/h3-4,6-7,10-14,32H,5,8-9,15H2,1-2H3,(H2,31,39). The number of fused-ring (bicyclic) bond motifs is 1. The van der Waals surface area contributed by atoms with Crippen LogP contribution >= 0.6 is 0 Å². The third-order valence-electron chi connectivity index (χ3n) is 6.93. The van der Waals surface area contributed by atoms with Crippen molar-refractivity contribution in [2.45, 2.75) is 19.1 Å². The number of halogens is 3. The molecule has 0 unspecified atom stereocenters. The SMILES string of the molecule is CNc1ccn(-c2ccnc3c2cc(CN2CC=C(c4ncc(C(N)=O)cc4C(F)(F)F)CC2)n3C)c(=O)c1. The minimum atomic E-state index is -4.67. The van der Waals surface area contributed by atoms with Gasteiger partial charge in [0.05, 0.1) is 22.5 Å². The van der Waals surface area contributed by atoms with Crippen LogP contribution in [0, 0.1) is 0 Å². The summed E-state index contributed by atoms with van der Waals surface area (Å²) in [5.74, 6) is -0.962. The summed E-state index contributed by atoms with van der Waals surface area (Å²) in [5.41, 5.74) is 7.10. The zero-order valence-corrected chi connectivity index (χ0v) is 21.3. The minimum Gasteiger partial charge on any atom is -0.388 e. The molecule has 0 spiro atoms. The van der Waals surface area contributed by atoms with E-state index in [2.05, 4.69) is 20.2 Å². The fraction of sp³-hybridized carbons (Fsp3) is 0.259. The number of amides is 1. The number of aromatic nitrogens is 4. The number of hydrogen-bond donors (Lipinski definition) is 2. The van der Waals surface area contributed by atoms with Gasteiger partial charge in [-0.3, -0.25) is 24.0 Å². The van der Waals surface area contributed by atoms with Crippen molar-refractivity contribution in [2.24, 2.45) is 12.8 Å². The third kappa shape index (κ3) is 5.02. The van der Waals surface area contributed by atoms with Gasteiger partial charge in [0.2, 0.25) is 5.91 Å². The highest BCUT2D eigenvalue weighted by Gasteiger charge is 2.36. The van der Waals surface area contributed by atoms with E-state index in [1.165, 1.54) is 6.07 Å². The van der Waals surface area contributed by atoms with Crippen LogP contribution in [0.15, 0.2) is 59.8 Å². The lowest BCUT2D eigenvalue weighted by molar-refractivity contribution is -0.138. The Labute approximate surface area is 221 Å². The Morgan fingerprint density at radius 2 is 1.97 bits per heavy atom. The van der Waals surface area contributed by atoms with Crippen molar-refractivity contribution in [3.63, 3.8) is 0 Å². The Kier molecular flexibility index (Phi) is 6.73.